The van der Waals surface area contributed by atoms with Crippen LogP contribution in [0.5, 0.6) is 0 Å². The number of carbonyl (C=O) groups excluding carboxylic acids is 3. The van der Waals surface area contributed by atoms with Crippen molar-refractivity contribution in [3.05, 3.63) is 12.2 Å². The number of likely N-dealkylation sites (N-methyl/N-ethyl adjacent to an activating group) is 1. The molecule has 15 nitrogen and oxygen atoms in total. The number of likely N-dealkylation sites (tertiary alicyclic amines) is 2. The Morgan fingerprint density at radius 2 is 1.93 bits per heavy atom. The third kappa shape index (κ3) is 5.53. The Labute approximate surface area is 236 Å². The van der Waals surface area contributed by atoms with E-state index in [1.165, 1.54) is 10.9 Å². The van der Waals surface area contributed by atoms with Crippen molar-refractivity contribution < 1.29 is 34.1 Å². The molecule has 6 rings (SSSR count). The van der Waals surface area contributed by atoms with Crippen molar-refractivity contribution in [2.24, 2.45) is 5.92 Å². The SMILES string of the molecule is CN1C(=O)CC1COC(=O)N1CCC(CCc2nc(N)c3ncn([C@@H]4O[C@H](C(=O)NC5CC5)C(O)C4O)c3n2)CC1. The standard InChI is InChI=1S/C26H36N8O7/c1-32-15(10-17(32)35)11-40-26(39)33-8-6-13(7-9-33)2-5-16-30-22(27)18-23(31-16)34(12-28-18)25-20(37)19(36)21(41-25)24(38)29-14-3-4-14/h12-15,19-21,25,36-37H,2-11H2,1H3,(H,29,38)(H2,27,30,31)/t15?,19?,20?,21-,25+/m0/s1. The van der Waals surface area contributed by atoms with Crippen LogP contribution in [0.2, 0.25) is 0 Å². The molecule has 5 N–H and O–H groups in total. The number of piperidine rings is 1. The fraction of sp³-hybridized carbons (Fsp3) is 0.692. The van der Waals surface area contributed by atoms with E-state index in [-0.39, 0.29) is 36.5 Å². The molecule has 222 valence electrons. The van der Waals surface area contributed by atoms with E-state index in [9.17, 15) is 24.6 Å². The number of rotatable bonds is 8. The summed E-state index contributed by atoms with van der Waals surface area (Å²) in [7, 11) is 1.71. The number of anilines is 1. The predicted octanol–water partition coefficient (Wildman–Crippen LogP) is -0.682. The van der Waals surface area contributed by atoms with Crippen molar-refractivity contribution in [3.63, 3.8) is 0 Å². The molecule has 3 unspecified atom stereocenters. The second kappa shape index (κ2) is 11.0. The molecule has 2 aromatic rings. The first-order valence-corrected chi connectivity index (χ1v) is 14.2. The number of hydrogen-bond acceptors (Lipinski definition) is 11. The average Bonchev–Trinajstić information content (AvgIpc) is 3.60. The molecule has 2 aromatic heterocycles. The van der Waals surface area contributed by atoms with E-state index in [2.05, 4.69) is 20.3 Å². The maximum absolute atomic E-state index is 12.5. The molecule has 5 atom stereocenters. The van der Waals surface area contributed by atoms with Gasteiger partial charge in [0.15, 0.2) is 23.8 Å². The molecule has 1 saturated carbocycles. The smallest absolute Gasteiger partial charge is 0.409 e. The number of hydrogen-bond donors (Lipinski definition) is 4. The summed E-state index contributed by atoms with van der Waals surface area (Å²) in [6, 6.07) is 0.0545. The molecule has 15 heteroatoms. The first-order chi connectivity index (χ1) is 19.7. The van der Waals surface area contributed by atoms with Crippen molar-refractivity contribution >= 4 is 34.9 Å². The van der Waals surface area contributed by atoms with Gasteiger partial charge in [0, 0.05) is 32.6 Å². The van der Waals surface area contributed by atoms with E-state index in [1.807, 2.05) is 0 Å². The van der Waals surface area contributed by atoms with E-state index in [4.69, 9.17) is 15.2 Å². The second-order valence-electron chi connectivity index (χ2n) is 11.5. The summed E-state index contributed by atoms with van der Waals surface area (Å²) in [5, 5.41) is 24.0. The normalized spacial score (nSPS) is 28.7. The number of carbonyl (C=O) groups is 3. The summed E-state index contributed by atoms with van der Waals surface area (Å²) in [6.45, 7) is 1.40. The van der Waals surface area contributed by atoms with Crippen LogP contribution in [0, 0.1) is 5.92 Å². The Balaban J connectivity index is 1.04. The van der Waals surface area contributed by atoms with Gasteiger partial charge in [0.1, 0.15) is 30.2 Å². The van der Waals surface area contributed by atoms with E-state index >= 15 is 0 Å². The third-order valence-electron chi connectivity index (χ3n) is 8.59. The lowest BCUT2D eigenvalue weighted by molar-refractivity contribution is -0.145. The van der Waals surface area contributed by atoms with E-state index in [0.29, 0.717) is 48.8 Å². The highest BCUT2D eigenvalue weighted by molar-refractivity contribution is 5.84. The van der Waals surface area contributed by atoms with Crippen molar-refractivity contribution in [2.45, 2.75) is 81.6 Å². The molecule has 5 heterocycles. The molecule has 4 fully saturated rings. The number of aromatic nitrogens is 4. The number of nitrogens with two attached hydrogens (primary N) is 1. The number of fused-ring (bicyclic) bond motifs is 1. The molecule has 4 aliphatic rings. The summed E-state index contributed by atoms with van der Waals surface area (Å²) in [4.78, 5) is 52.9. The van der Waals surface area contributed by atoms with Crippen molar-refractivity contribution in [3.8, 4) is 0 Å². The number of imidazole rings is 1. The molecule has 41 heavy (non-hydrogen) atoms. The highest BCUT2D eigenvalue weighted by Crippen LogP contribution is 2.33. The Kier molecular flexibility index (Phi) is 7.42. The van der Waals surface area contributed by atoms with Crippen LogP contribution < -0.4 is 11.1 Å². The highest BCUT2D eigenvalue weighted by atomic mass is 16.6. The topological polar surface area (TPSA) is 198 Å². The van der Waals surface area contributed by atoms with Gasteiger partial charge in [-0.1, -0.05) is 0 Å². The maximum atomic E-state index is 12.5. The Morgan fingerprint density at radius 1 is 1.17 bits per heavy atom. The predicted molar refractivity (Wildman–Crippen MR) is 142 cm³/mol. The summed E-state index contributed by atoms with van der Waals surface area (Å²) in [5.74, 6) is 0.666. The zero-order valence-electron chi connectivity index (χ0n) is 22.9. The highest BCUT2D eigenvalue weighted by Gasteiger charge is 2.48. The van der Waals surface area contributed by atoms with Crippen molar-refractivity contribution in [2.75, 3.05) is 32.5 Å². The monoisotopic (exact) mass is 572 g/mol. The second-order valence-corrected chi connectivity index (χ2v) is 11.5. The van der Waals surface area contributed by atoms with Gasteiger partial charge in [0.05, 0.1) is 18.8 Å². The van der Waals surface area contributed by atoms with Crippen LogP contribution in [0.3, 0.4) is 0 Å². The molecule has 0 bridgehead atoms. The first kappa shape index (κ1) is 27.6. The zero-order chi connectivity index (χ0) is 28.8. The fourth-order valence-corrected chi connectivity index (χ4v) is 5.64. The number of nitrogens with one attached hydrogen (secondary N) is 1. The molecular formula is C26H36N8O7. The summed E-state index contributed by atoms with van der Waals surface area (Å²) >= 11 is 0. The average molecular weight is 573 g/mol. The summed E-state index contributed by atoms with van der Waals surface area (Å²) in [6.07, 6.45) is 1.19. The van der Waals surface area contributed by atoms with E-state index < -0.39 is 30.4 Å². The summed E-state index contributed by atoms with van der Waals surface area (Å²) in [5.41, 5.74) is 6.88. The number of ether oxygens (including phenoxy) is 2. The van der Waals surface area contributed by atoms with Crippen LogP contribution in [0.4, 0.5) is 10.6 Å². The van der Waals surface area contributed by atoms with Crippen LogP contribution in [0.25, 0.3) is 11.2 Å². The van der Waals surface area contributed by atoms with Gasteiger partial charge in [0.25, 0.3) is 5.91 Å². The minimum absolute atomic E-state index is 0.0353. The van der Waals surface area contributed by atoms with Gasteiger partial charge in [-0.05, 0) is 38.0 Å². The fourth-order valence-electron chi connectivity index (χ4n) is 5.64. The maximum Gasteiger partial charge on any atom is 0.409 e. The number of aliphatic hydroxyl groups is 2. The molecule has 3 amide bonds. The Hall–Kier alpha value is -3.56. The molecule has 0 aromatic carbocycles. The molecular weight excluding hydrogens is 536 g/mol. The molecule has 0 radical (unpaired) electrons. The van der Waals surface area contributed by atoms with Crippen LogP contribution in [-0.2, 0) is 25.5 Å². The zero-order valence-corrected chi connectivity index (χ0v) is 22.9. The lowest BCUT2D eigenvalue weighted by Gasteiger charge is -2.37. The quantitative estimate of drug-likeness (QED) is 0.292. The number of aliphatic hydroxyl groups excluding tert-OH is 2. The van der Waals surface area contributed by atoms with E-state index in [1.54, 1.807) is 16.8 Å². The molecule has 3 aliphatic heterocycles. The van der Waals surface area contributed by atoms with Crippen LogP contribution >= 0.6 is 0 Å². The van der Waals surface area contributed by atoms with Gasteiger partial charge in [-0.2, -0.15) is 0 Å². The minimum Gasteiger partial charge on any atom is -0.447 e. The number of β-lactam (4-membered cyclic amide) rings is 1. The van der Waals surface area contributed by atoms with Crippen molar-refractivity contribution in [1.29, 1.82) is 0 Å². The van der Waals surface area contributed by atoms with Gasteiger partial charge >= 0.3 is 6.09 Å². The van der Waals surface area contributed by atoms with Gasteiger partial charge in [-0.3, -0.25) is 14.2 Å². The van der Waals surface area contributed by atoms with Crippen LogP contribution in [-0.4, -0.2) is 115 Å². The number of nitrogens with zero attached hydrogens (tertiary/aromatic N) is 6. The lowest BCUT2D eigenvalue weighted by atomic mass is 9.92. The lowest BCUT2D eigenvalue weighted by Crippen LogP contribution is -2.53. The van der Waals surface area contributed by atoms with Crippen LogP contribution in [0.1, 0.15) is 50.6 Å². The first-order valence-electron chi connectivity index (χ1n) is 14.2. The summed E-state index contributed by atoms with van der Waals surface area (Å²) < 4.78 is 12.7. The number of nitrogen functional groups attached to an aromatic ring is 1. The Morgan fingerprint density at radius 3 is 2.61 bits per heavy atom. The Bertz CT molecular complexity index is 1320. The largest absolute Gasteiger partial charge is 0.447 e. The molecule has 3 saturated heterocycles. The number of amides is 3. The van der Waals surface area contributed by atoms with Gasteiger partial charge in [-0.15, -0.1) is 0 Å². The molecule has 1 aliphatic carbocycles. The van der Waals surface area contributed by atoms with E-state index in [0.717, 1.165) is 32.1 Å². The van der Waals surface area contributed by atoms with Gasteiger partial charge in [0.2, 0.25) is 5.91 Å². The third-order valence-corrected chi connectivity index (χ3v) is 8.59. The van der Waals surface area contributed by atoms with Crippen LogP contribution in [0.15, 0.2) is 6.33 Å². The van der Waals surface area contributed by atoms with Gasteiger partial charge < -0.3 is 40.5 Å². The van der Waals surface area contributed by atoms with Crippen molar-refractivity contribution in [1.82, 2.24) is 34.6 Å². The number of aryl methyl sites for hydroxylation is 1. The minimum atomic E-state index is -1.40. The molecule has 0 spiro atoms. The van der Waals surface area contributed by atoms with Gasteiger partial charge in [-0.25, -0.2) is 19.7 Å².